The fourth-order valence-corrected chi connectivity index (χ4v) is 2.31. The summed E-state index contributed by atoms with van der Waals surface area (Å²) in [4.78, 5) is 11.6. The summed E-state index contributed by atoms with van der Waals surface area (Å²) in [5.74, 6) is 1.07. The summed E-state index contributed by atoms with van der Waals surface area (Å²) < 4.78 is 21.0. The van der Waals surface area contributed by atoms with Crippen LogP contribution in [0.4, 0.5) is 0 Å². The van der Waals surface area contributed by atoms with Crippen molar-refractivity contribution in [1.29, 1.82) is 0 Å². The Morgan fingerprint density at radius 1 is 1.04 bits per heavy atom. The Morgan fingerprint density at radius 2 is 1.84 bits per heavy atom. The second kappa shape index (κ2) is 7.53. The molecule has 6 nitrogen and oxygen atoms in total. The number of nitrogens with zero attached hydrogens (tertiary/aromatic N) is 1. The molecule has 3 aromatic rings. The summed E-state index contributed by atoms with van der Waals surface area (Å²) in [6.07, 6.45) is 0. The lowest BCUT2D eigenvalue weighted by Gasteiger charge is -2.10. The minimum Gasteiger partial charge on any atom is -0.493 e. The Labute approximate surface area is 144 Å². The van der Waals surface area contributed by atoms with Gasteiger partial charge in [0.25, 0.3) is 0 Å². The molecule has 0 spiro atoms. The maximum Gasteiger partial charge on any atom is 0.337 e. The molecule has 2 aromatic carbocycles. The smallest absolute Gasteiger partial charge is 0.337 e. The molecular weight excluding hydrogens is 322 g/mol. The first-order chi connectivity index (χ1) is 12.2. The summed E-state index contributed by atoms with van der Waals surface area (Å²) in [6, 6.07) is 16.4. The van der Waals surface area contributed by atoms with Crippen molar-refractivity contribution in [2.75, 3.05) is 14.2 Å². The van der Waals surface area contributed by atoms with Gasteiger partial charge in [0.05, 0.1) is 19.8 Å². The molecule has 0 saturated carbocycles. The number of ether oxygens (including phenoxy) is 3. The highest BCUT2D eigenvalue weighted by Gasteiger charge is 2.13. The predicted molar refractivity (Wildman–Crippen MR) is 90.6 cm³/mol. The highest BCUT2D eigenvalue weighted by Crippen LogP contribution is 2.29. The molecule has 0 amide bonds. The Morgan fingerprint density at radius 3 is 2.56 bits per heavy atom. The lowest BCUT2D eigenvalue weighted by molar-refractivity contribution is 0.0600. The predicted octanol–water partition coefficient (Wildman–Crippen LogP) is 3.72. The summed E-state index contributed by atoms with van der Waals surface area (Å²) in [5, 5.41) is 4.04. The summed E-state index contributed by atoms with van der Waals surface area (Å²) in [5.41, 5.74) is 2.10. The molecule has 0 aliphatic rings. The normalized spacial score (nSPS) is 10.3. The largest absolute Gasteiger partial charge is 0.493 e. The number of benzene rings is 2. The van der Waals surface area contributed by atoms with Crippen LogP contribution in [0.5, 0.6) is 11.5 Å². The van der Waals surface area contributed by atoms with E-state index in [0.717, 1.165) is 11.3 Å². The molecule has 0 saturated heterocycles. The SMILES string of the molecule is COC(=O)c1ccc(OCc2cc(-c3ccccc3)no2)c(OC)c1. The Kier molecular flexibility index (Phi) is 4.99. The van der Waals surface area contributed by atoms with Crippen molar-refractivity contribution in [1.82, 2.24) is 5.16 Å². The van der Waals surface area contributed by atoms with E-state index in [2.05, 4.69) is 5.16 Å². The summed E-state index contributed by atoms with van der Waals surface area (Å²) in [7, 11) is 2.83. The molecule has 128 valence electrons. The van der Waals surface area contributed by atoms with Gasteiger partial charge in [-0.05, 0) is 18.2 Å². The van der Waals surface area contributed by atoms with Crippen molar-refractivity contribution in [3.8, 4) is 22.8 Å². The standard InChI is InChI=1S/C19H17NO5/c1-22-18-10-14(19(21)23-2)8-9-17(18)24-12-15-11-16(20-25-15)13-6-4-3-5-7-13/h3-11H,12H2,1-2H3. The fraction of sp³-hybridized carbons (Fsp3) is 0.158. The zero-order chi connectivity index (χ0) is 17.6. The van der Waals surface area contributed by atoms with Crippen LogP contribution >= 0.6 is 0 Å². The Hall–Kier alpha value is -3.28. The van der Waals surface area contributed by atoms with Crippen LogP contribution in [-0.4, -0.2) is 25.3 Å². The topological polar surface area (TPSA) is 70.8 Å². The Bertz CT molecular complexity index is 857. The molecule has 0 aliphatic heterocycles. The van der Waals surface area contributed by atoms with E-state index < -0.39 is 5.97 Å². The van der Waals surface area contributed by atoms with Gasteiger partial charge in [0.1, 0.15) is 12.3 Å². The molecule has 0 atom stereocenters. The molecule has 0 N–H and O–H groups in total. The number of hydrogen-bond donors (Lipinski definition) is 0. The van der Waals surface area contributed by atoms with E-state index in [9.17, 15) is 4.79 Å². The number of rotatable bonds is 6. The number of carbonyl (C=O) groups excluding carboxylic acids is 1. The number of methoxy groups -OCH3 is 2. The quantitative estimate of drug-likeness (QED) is 0.638. The molecule has 0 bridgehead atoms. The van der Waals surface area contributed by atoms with Crippen molar-refractivity contribution in [3.63, 3.8) is 0 Å². The highest BCUT2D eigenvalue weighted by atomic mass is 16.5. The molecule has 0 radical (unpaired) electrons. The van der Waals surface area contributed by atoms with Crippen molar-refractivity contribution < 1.29 is 23.5 Å². The molecule has 0 fully saturated rings. The van der Waals surface area contributed by atoms with Crippen molar-refractivity contribution >= 4 is 5.97 Å². The first kappa shape index (κ1) is 16.6. The highest BCUT2D eigenvalue weighted by molar-refractivity contribution is 5.90. The van der Waals surface area contributed by atoms with Crippen LogP contribution in [0.25, 0.3) is 11.3 Å². The van der Waals surface area contributed by atoms with Gasteiger partial charge >= 0.3 is 5.97 Å². The van der Waals surface area contributed by atoms with Gasteiger partial charge in [-0.15, -0.1) is 0 Å². The first-order valence-corrected chi connectivity index (χ1v) is 7.61. The van der Waals surface area contributed by atoms with Crippen LogP contribution in [0, 0.1) is 0 Å². The van der Waals surface area contributed by atoms with Crippen LogP contribution in [0.1, 0.15) is 16.1 Å². The van der Waals surface area contributed by atoms with E-state index in [1.807, 2.05) is 36.4 Å². The molecule has 6 heteroatoms. The van der Waals surface area contributed by atoms with Gasteiger partial charge < -0.3 is 18.7 Å². The van der Waals surface area contributed by atoms with E-state index in [1.165, 1.54) is 14.2 Å². The lowest BCUT2D eigenvalue weighted by Crippen LogP contribution is -2.03. The average Bonchev–Trinajstić information content (AvgIpc) is 3.15. The molecule has 3 rings (SSSR count). The second-order valence-electron chi connectivity index (χ2n) is 5.19. The van der Waals surface area contributed by atoms with E-state index in [1.54, 1.807) is 18.2 Å². The lowest BCUT2D eigenvalue weighted by atomic mass is 10.1. The van der Waals surface area contributed by atoms with Gasteiger partial charge in [-0.2, -0.15) is 0 Å². The third kappa shape index (κ3) is 3.80. The number of hydrogen-bond acceptors (Lipinski definition) is 6. The van der Waals surface area contributed by atoms with Crippen LogP contribution in [0.2, 0.25) is 0 Å². The van der Waals surface area contributed by atoms with Gasteiger partial charge in [0.15, 0.2) is 17.3 Å². The minimum absolute atomic E-state index is 0.188. The monoisotopic (exact) mass is 339 g/mol. The molecule has 0 unspecified atom stereocenters. The van der Waals surface area contributed by atoms with Gasteiger partial charge in [-0.1, -0.05) is 35.5 Å². The van der Waals surface area contributed by atoms with Crippen LogP contribution in [0.15, 0.2) is 59.1 Å². The first-order valence-electron chi connectivity index (χ1n) is 7.61. The molecule has 0 aliphatic carbocycles. The van der Waals surface area contributed by atoms with Crippen LogP contribution in [0.3, 0.4) is 0 Å². The fourth-order valence-electron chi connectivity index (χ4n) is 2.31. The van der Waals surface area contributed by atoms with Crippen molar-refractivity contribution in [3.05, 3.63) is 65.9 Å². The summed E-state index contributed by atoms with van der Waals surface area (Å²) >= 11 is 0. The third-order valence-corrected chi connectivity index (χ3v) is 3.58. The minimum atomic E-state index is -0.437. The van der Waals surface area contributed by atoms with E-state index in [4.69, 9.17) is 18.7 Å². The van der Waals surface area contributed by atoms with Crippen molar-refractivity contribution in [2.45, 2.75) is 6.61 Å². The van der Waals surface area contributed by atoms with E-state index in [0.29, 0.717) is 22.8 Å². The third-order valence-electron chi connectivity index (χ3n) is 3.58. The molecule has 1 heterocycles. The van der Waals surface area contributed by atoms with Crippen molar-refractivity contribution in [2.24, 2.45) is 0 Å². The van der Waals surface area contributed by atoms with Gasteiger partial charge in [-0.3, -0.25) is 0 Å². The van der Waals surface area contributed by atoms with E-state index >= 15 is 0 Å². The van der Waals surface area contributed by atoms with Crippen LogP contribution < -0.4 is 9.47 Å². The maximum absolute atomic E-state index is 11.6. The number of esters is 1. The number of aromatic nitrogens is 1. The average molecular weight is 339 g/mol. The van der Waals surface area contributed by atoms with Gasteiger partial charge in [0.2, 0.25) is 0 Å². The molecular formula is C19H17NO5. The molecule has 25 heavy (non-hydrogen) atoms. The van der Waals surface area contributed by atoms with Gasteiger partial charge in [-0.25, -0.2) is 4.79 Å². The van der Waals surface area contributed by atoms with Crippen LogP contribution in [-0.2, 0) is 11.3 Å². The Balaban J connectivity index is 1.71. The zero-order valence-corrected chi connectivity index (χ0v) is 13.9. The second-order valence-corrected chi connectivity index (χ2v) is 5.19. The summed E-state index contributed by atoms with van der Waals surface area (Å²) in [6.45, 7) is 0.188. The zero-order valence-electron chi connectivity index (χ0n) is 13.9. The number of carbonyl (C=O) groups is 1. The maximum atomic E-state index is 11.6. The van der Waals surface area contributed by atoms with E-state index in [-0.39, 0.29) is 6.61 Å². The van der Waals surface area contributed by atoms with Gasteiger partial charge in [0, 0.05) is 11.6 Å². The molecule has 1 aromatic heterocycles.